The lowest BCUT2D eigenvalue weighted by Crippen LogP contribution is -2.22. The van der Waals surface area contributed by atoms with Crippen LogP contribution in [0.25, 0.3) is 0 Å². The minimum absolute atomic E-state index is 0.118. The maximum atomic E-state index is 12.3. The number of amides is 1. The molecule has 1 amide bonds. The van der Waals surface area contributed by atoms with Crippen molar-refractivity contribution in [2.45, 2.75) is 13.8 Å². The molecule has 0 bridgehead atoms. The average molecular weight is 344 g/mol. The Morgan fingerprint density at radius 2 is 1.52 bits per heavy atom. The predicted molar refractivity (Wildman–Crippen MR) is 99.1 cm³/mol. The third kappa shape index (κ3) is 4.56. The highest BCUT2D eigenvalue weighted by molar-refractivity contribution is 5.95. The van der Waals surface area contributed by atoms with Crippen molar-refractivity contribution in [1.82, 2.24) is 0 Å². The lowest BCUT2D eigenvalue weighted by molar-refractivity contribution is -0.114. The van der Waals surface area contributed by atoms with E-state index in [-0.39, 0.29) is 12.5 Å². The summed E-state index contributed by atoms with van der Waals surface area (Å²) in [4.78, 5) is 12.3. The van der Waals surface area contributed by atoms with Crippen LogP contribution in [0.3, 0.4) is 0 Å². The SMILES string of the molecule is COc1ccc(C)cc1NC(=O)CNc1cc(OC)c(OC)cc1C. The van der Waals surface area contributed by atoms with Gasteiger partial charge in [0.2, 0.25) is 5.91 Å². The van der Waals surface area contributed by atoms with Crippen LogP contribution in [-0.4, -0.2) is 33.8 Å². The van der Waals surface area contributed by atoms with Gasteiger partial charge in [0.25, 0.3) is 0 Å². The lowest BCUT2D eigenvalue weighted by Gasteiger charge is -2.15. The van der Waals surface area contributed by atoms with Gasteiger partial charge in [-0.2, -0.15) is 0 Å². The Balaban J connectivity index is 2.07. The molecular formula is C19H24N2O4. The van der Waals surface area contributed by atoms with Crippen molar-refractivity contribution in [1.29, 1.82) is 0 Å². The van der Waals surface area contributed by atoms with E-state index in [0.717, 1.165) is 16.8 Å². The second-order valence-electron chi connectivity index (χ2n) is 5.63. The first-order valence-corrected chi connectivity index (χ1v) is 7.89. The topological polar surface area (TPSA) is 68.8 Å². The van der Waals surface area contributed by atoms with Gasteiger partial charge in [-0.05, 0) is 43.2 Å². The molecule has 2 aromatic rings. The summed E-state index contributed by atoms with van der Waals surface area (Å²) in [7, 11) is 4.74. The molecule has 2 rings (SSSR count). The maximum absolute atomic E-state index is 12.3. The molecule has 25 heavy (non-hydrogen) atoms. The van der Waals surface area contributed by atoms with Crippen LogP contribution in [0.5, 0.6) is 17.2 Å². The van der Waals surface area contributed by atoms with Crippen LogP contribution >= 0.6 is 0 Å². The molecule has 0 spiro atoms. The fraction of sp³-hybridized carbons (Fsp3) is 0.316. The molecule has 6 heteroatoms. The number of rotatable bonds is 7. The van der Waals surface area contributed by atoms with Gasteiger partial charge in [0.15, 0.2) is 11.5 Å². The number of hydrogen-bond acceptors (Lipinski definition) is 5. The first-order valence-electron chi connectivity index (χ1n) is 7.89. The summed E-state index contributed by atoms with van der Waals surface area (Å²) in [5.74, 6) is 1.72. The van der Waals surface area contributed by atoms with Crippen molar-refractivity contribution in [3.8, 4) is 17.2 Å². The molecule has 0 aliphatic rings. The quantitative estimate of drug-likeness (QED) is 0.806. The van der Waals surface area contributed by atoms with Gasteiger partial charge in [-0.15, -0.1) is 0 Å². The van der Waals surface area contributed by atoms with Gasteiger partial charge in [-0.1, -0.05) is 6.07 Å². The van der Waals surface area contributed by atoms with Gasteiger partial charge < -0.3 is 24.8 Å². The number of benzene rings is 2. The highest BCUT2D eigenvalue weighted by Gasteiger charge is 2.11. The molecule has 134 valence electrons. The van der Waals surface area contributed by atoms with E-state index in [1.54, 1.807) is 21.3 Å². The molecule has 0 fully saturated rings. The second kappa shape index (κ2) is 8.28. The second-order valence-corrected chi connectivity index (χ2v) is 5.63. The van der Waals surface area contributed by atoms with Gasteiger partial charge in [0, 0.05) is 11.8 Å². The number of anilines is 2. The van der Waals surface area contributed by atoms with Crippen molar-refractivity contribution in [2.75, 3.05) is 38.5 Å². The van der Waals surface area contributed by atoms with Crippen molar-refractivity contribution in [3.05, 3.63) is 41.5 Å². The molecule has 0 aromatic heterocycles. The smallest absolute Gasteiger partial charge is 0.243 e. The fourth-order valence-corrected chi connectivity index (χ4v) is 2.46. The number of carbonyl (C=O) groups is 1. The first-order chi connectivity index (χ1) is 12.0. The molecule has 0 aliphatic heterocycles. The third-order valence-corrected chi connectivity index (χ3v) is 3.80. The maximum Gasteiger partial charge on any atom is 0.243 e. The van der Waals surface area contributed by atoms with Gasteiger partial charge in [-0.3, -0.25) is 4.79 Å². The highest BCUT2D eigenvalue weighted by atomic mass is 16.5. The summed E-state index contributed by atoms with van der Waals surface area (Å²) in [5, 5.41) is 5.98. The lowest BCUT2D eigenvalue weighted by atomic mass is 10.1. The van der Waals surface area contributed by atoms with E-state index in [4.69, 9.17) is 14.2 Å². The monoisotopic (exact) mass is 344 g/mol. The number of methoxy groups -OCH3 is 3. The molecule has 6 nitrogen and oxygen atoms in total. The first kappa shape index (κ1) is 18.4. The fourth-order valence-electron chi connectivity index (χ4n) is 2.46. The Morgan fingerprint density at radius 3 is 2.16 bits per heavy atom. The Kier molecular flexibility index (Phi) is 6.11. The van der Waals surface area contributed by atoms with E-state index in [1.807, 2.05) is 44.2 Å². The number of aryl methyl sites for hydroxylation is 2. The third-order valence-electron chi connectivity index (χ3n) is 3.80. The van der Waals surface area contributed by atoms with Crippen molar-refractivity contribution in [3.63, 3.8) is 0 Å². The molecule has 2 aromatic carbocycles. The molecule has 0 unspecified atom stereocenters. The Labute approximate surface area is 148 Å². The summed E-state index contributed by atoms with van der Waals surface area (Å²) < 4.78 is 15.8. The number of nitrogens with one attached hydrogen (secondary N) is 2. The van der Waals surface area contributed by atoms with Crippen LogP contribution < -0.4 is 24.8 Å². The Morgan fingerprint density at radius 1 is 0.880 bits per heavy atom. The molecule has 0 heterocycles. The van der Waals surface area contributed by atoms with E-state index in [0.29, 0.717) is 22.9 Å². The number of ether oxygens (including phenoxy) is 3. The molecule has 0 atom stereocenters. The van der Waals surface area contributed by atoms with Crippen LogP contribution in [0.1, 0.15) is 11.1 Å². The van der Waals surface area contributed by atoms with Crippen molar-refractivity contribution >= 4 is 17.3 Å². The summed E-state index contributed by atoms with van der Waals surface area (Å²) in [6.07, 6.45) is 0. The summed E-state index contributed by atoms with van der Waals surface area (Å²) in [6, 6.07) is 9.31. The van der Waals surface area contributed by atoms with E-state index in [2.05, 4.69) is 10.6 Å². The van der Waals surface area contributed by atoms with Crippen molar-refractivity contribution in [2.24, 2.45) is 0 Å². The summed E-state index contributed by atoms with van der Waals surface area (Å²) >= 11 is 0. The van der Waals surface area contributed by atoms with Gasteiger partial charge in [0.1, 0.15) is 5.75 Å². The molecule has 0 radical (unpaired) electrons. The zero-order valence-corrected chi connectivity index (χ0v) is 15.2. The largest absolute Gasteiger partial charge is 0.495 e. The van der Waals surface area contributed by atoms with Crippen molar-refractivity contribution < 1.29 is 19.0 Å². The number of hydrogen-bond donors (Lipinski definition) is 2. The number of carbonyl (C=O) groups excluding carboxylic acids is 1. The summed E-state index contributed by atoms with van der Waals surface area (Å²) in [6.45, 7) is 4.01. The zero-order chi connectivity index (χ0) is 18.4. The Hall–Kier alpha value is -2.89. The molecular weight excluding hydrogens is 320 g/mol. The predicted octanol–water partition coefficient (Wildman–Crippen LogP) is 3.38. The molecule has 0 saturated carbocycles. The minimum Gasteiger partial charge on any atom is -0.495 e. The van der Waals surface area contributed by atoms with Crippen LogP contribution in [0, 0.1) is 13.8 Å². The average Bonchev–Trinajstić information content (AvgIpc) is 2.60. The van der Waals surface area contributed by atoms with Crippen LogP contribution in [-0.2, 0) is 4.79 Å². The van der Waals surface area contributed by atoms with E-state index in [1.165, 1.54) is 0 Å². The molecule has 0 aliphatic carbocycles. The normalized spacial score (nSPS) is 10.1. The minimum atomic E-state index is -0.168. The zero-order valence-electron chi connectivity index (χ0n) is 15.2. The highest BCUT2D eigenvalue weighted by Crippen LogP contribution is 2.32. The van der Waals surface area contributed by atoms with Crippen LogP contribution in [0.2, 0.25) is 0 Å². The van der Waals surface area contributed by atoms with Gasteiger partial charge >= 0.3 is 0 Å². The van der Waals surface area contributed by atoms with E-state index < -0.39 is 0 Å². The summed E-state index contributed by atoms with van der Waals surface area (Å²) in [5.41, 5.74) is 3.46. The van der Waals surface area contributed by atoms with E-state index >= 15 is 0 Å². The molecule has 2 N–H and O–H groups in total. The molecule has 0 saturated heterocycles. The van der Waals surface area contributed by atoms with Gasteiger partial charge in [0.05, 0.1) is 33.6 Å². The van der Waals surface area contributed by atoms with Crippen LogP contribution in [0.4, 0.5) is 11.4 Å². The van der Waals surface area contributed by atoms with Gasteiger partial charge in [-0.25, -0.2) is 0 Å². The standard InChI is InChI=1S/C19H24N2O4/c1-12-6-7-16(23-3)15(8-12)21-19(22)11-20-14-10-18(25-5)17(24-4)9-13(14)2/h6-10,20H,11H2,1-5H3,(H,21,22). The van der Waals surface area contributed by atoms with Crippen LogP contribution in [0.15, 0.2) is 30.3 Å². The Bertz CT molecular complexity index is 759. The van der Waals surface area contributed by atoms with E-state index in [9.17, 15) is 4.79 Å².